The second-order valence-electron chi connectivity index (χ2n) is 4.13. The summed E-state index contributed by atoms with van der Waals surface area (Å²) in [6.07, 6.45) is 2.94. The number of aromatic nitrogens is 1. The van der Waals surface area contributed by atoms with E-state index < -0.39 is 0 Å². The molecule has 2 aromatic rings. The van der Waals surface area contributed by atoms with E-state index >= 15 is 0 Å². The SMILES string of the molecule is COc1cc(C(C)C)c(O)cc1-c1cnco1. The summed E-state index contributed by atoms with van der Waals surface area (Å²) in [5, 5.41) is 9.96. The lowest BCUT2D eigenvalue weighted by Gasteiger charge is -2.13. The zero-order chi connectivity index (χ0) is 12.4. The van der Waals surface area contributed by atoms with Gasteiger partial charge in [-0.15, -0.1) is 0 Å². The van der Waals surface area contributed by atoms with Crippen LogP contribution in [-0.4, -0.2) is 17.2 Å². The van der Waals surface area contributed by atoms with Gasteiger partial charge in [-0.1, -0.05) is 13.8 Å². The Hall–Kier alpha value is -1.97. The van der Waals surface area contributed by atoms with Crippen molar-refractivity contribution in [1.82, 2.24) is 4.98 Å². The topological polar surface area (TPSA) is 55.5 Å². The molecular formula is C13H15NO3. The molecule has 0 saturated heterocycles. The molecule has 0 aliphatic carbocycles. The van der Waals surface area contributed by atoms with Crippen LogP contribution in [0.3, 0.4) is 0 Å². The van der Waals surface area contributed by atoms with Crippen molar-refractivity contribution in [2.75, 3.05) is 7.11 Å². The Morgan fingerprint density at radius 2 is 2.12 bits per heavy atom. The fraction of sp³-hybridized carbons (Fsp3) is 0.308. The number of ether oxygens (including phenoxy) is 1. The van der Waals surface area contributed by atoms with Crippen molar-refractivity contribution in [2.24, 2.45) is 0 Å². The van der Waals surface area contributed by atoms with Gasteiger partial charge in [-0.25, -0.2) is 4.98 Å². The summed E-state index contributed by atoms with van der Waals surface area (Å²) < 4.78 is 10.5. The Morgan fingerprint density at radius 3 is 2.65 bits per heavy atom. The molecule has 0 atom stereocenters. The van der Waals surface area contributed by atoms with Gasteiger partial charge in [0.1, 0.15) is 11.5 Å². The quantitative estimate of drug-likeness (QED) is 0.884. The largest absolute Gasteiger partial charge is 0.508 e. The first-order valence-electron chi connectivity index (χ1n) is 5.43. The van der Waals surface area contributed by atoms with Crippen LogP contribution in [0.15, 0.2) is 29.1 Å². The molecule has 0 amide bonds. The minimum Gasteiger partial charge on any atom is -0.508 e. The van der Waals surface area contributed by atoms with Crippen molar-refractivity contribution < 1.29 is 14.3 Å². The highest BCUT2D eigenvalue weighted by molar-refractivity contribution is 5.68. The van der Waals surface area contributed by atoms with Gasteiger partial charge in [0.25, 0.3) is 0 Å². The van der Waals surface area contributed by atoms with Crippen molar-refractivity contribution >= 4 is 0 Å². The first-order valence-corrected chi connectivity index (χ1v) is 5.43. The van der Waals surface area contributed by atoms with Gasteiger partial charge < -0.3 is 14.3 Å². The lowest BCUT2D eigenvalue weighted by Crippen LogP contribution is -1.93. The van der Waals surface area contributed by atoms with Crippen LogP contribution in [0.2, 0.25) is 0 Å². The van der Waals surface area contributed by atoms with E-state index in [1.165, 1.54) is 6.39 Å². The predicted octanol–water partition coefficient (Wildman–Crippen LogP) is 3.18. The first-order chi connectivity index (χ1) is 8.13. The van der Waals surface area contributed by atoms with E-state index in [0.29, 0.717) is 17.1 Å². The summed E-state index contributed by atoms with van der Waals surface area (Å²) in [5.74, 6) is 1.72. The third kappa shape index (κ3) is 2.11. The summed E-state index contributed by atoms with van der Waals surface area (Å²) in [7, 11) is 1.59. The molecule has 17 heavy (non-hydrogen) atoms. The Morgan fingerprint density at radius 1 is 1.35 bits per heavy atom. The zero-order valence-corrected chi connectivity index (χ0v) is 10.1. The number of methoxy groups -OCH3 is 1. The lowest BCUT2D eigenvalue weighted by molar-refractivity contribution is 0.410. The van der Waals surface area contributed by atoms with E-state index in [1.54, 1.807) is 19.4 Å². The molecule has 0 spiro atoms. The monoisotopic (exact) mass is 233 g/mol. The molecule has 90 valence electrons. The summed E-state index contributed by atoms with van der Waals surface area (Å²) in [4.78, 5) is 3.86. The number of benzene rings is 1. The summed E-state index contributed by atoms with van der Waals surface area (Å²) in [6, 6.07) is 3.48. The molecule has 4 nitrogen and oxygen atoms in total. The fourth-order valence-electron chi connectivity index (χ4n) is 1.76. The van der Waals surface area contributed by atoms with Gasteiger partial charge in [0.05, 0.1) is 18.9 Å². The number of phenolic OH excluding ortho intramolecular Hbond substituents is 1. The molecule has 0 aliphatic heterocycles. The van der Waals surface area contributed by atoms with Gasteiger partial charge in [-0.2, -0.15) is 0 Å². The van der Waals surface area contributed by atoms with Crippen molar-refractivity contribution in [2.45, 2.75) is 19.8 Å². The van der Waals surface area contributed by atoms with Crippen LogP contribution in [0, 0.1) is 0 Å². The molecule has 1 heterocycles. The number of rotatable bonds is 3. The number of oxazole rings is 1. The number of hydrogen-bond acceptors (Lipinski definition) is 4. The fourth-order valence-corrected chi connectivity index (χ4v) is 1.76. The van der Waals surface area contributed by atoms with Crippen LogP contribution in [0.4, 0.5) is 0 Å². The molecule has 2 rings (SSSR count). The van der Waals surface area contributed by atoms with E-state index in [2.05, 4.69) is 4.98 Å². The maximum atomic E-state index is 9.96. The average molecular weight is 233 g/mol. The zero-order valence-electron chi connectivity index (χ0n) is 10.1. The molecule has 1 aromatic heterocycles. The van der Waals surface area contributed by atoms with Gasteiger partial charge in [0, 0.05) is 5.56 Å². The van der Waals surface area contributed by atoms with Crippen LogP contribution in [-0.2, 0) is 0 Å². The highest BCUT2D eigenvalue weighted by atomic mass is 16.5. The molecular weight excluding hydrogens is 218 g/mol. The summed E-state index contributed by atoms with van der Waals surface area (Å²) in [6.45, 7) is 4.03. The highest BCUT2D eigenvalue weighted by Crippen LogP contribution is 2.38. The van der Waals surface area contributed by atoms with Crippen LogP contribution < -0.4 is 4.74 Å². The maximum absolute atomic E-state index is 9.96. The van der Waals surface area contributed by atoms with Crippen molar-refractivity contribution in [3.8, 4) is 22.8 Å². The van der Waals surface area contributed by atoms with Gasteiger partial charge >= 0.3 is 0 Å². The van der Waals surface area contributed by atoms with Crippen LogP contribution in [0.5, 0.6) is 11.5 Å². The van der Waals surface area contributed by atoms with Crippen LogP contribution in [0.25, 0.3) is 11.3 Å². The molecule has 1 N–H and O–H groups in total. The summed E-state index contributed by atoms with van der Waals surface area (Å²) >= 11 is 0. The molecule has 1 aromatic carbocycles. The third-order valence-corrected chi connectivity index (χ3v) is 2.67. The smallest absolute Gasteiger partial charge is 0.181 e. The number of nitrogens with zero attached hydrogens (tertiary/aromatic N) is 1. The number of hydrogen-bond donors (Lipinski definition) is 1. The molecule has 0 unspecified atom stereocenters. The second kappa shape index (κ2) is 4.49. The minimum atomic E-state index is 0.229. The predicted molar refractivity (Wildman–Crippen MR) is 64.2 cm³/mol. The normalized spacial score (nSPS) is 10.8. The molecule has 0 saturated carbocycles. The van der Waals surface area contributed by atoms with Gasteiger partial charge in [0.2, 0.25) is 0 Å². The van der Waals surface area contributed by atoms with Crippen molar-refractivity contribution in [3.63, 3.8) is 0 Å². The Bertz CT molecular complexity index is 504. The molecule has 0 aliphatic rings. The van der Waals surface area contributed by atoms with Gasteiger partial charge in [-0.05, 0) is 18.1 Å². The van der Waals surface area contributed by atoms with Crippen LogP contribution >= 0.6 is 0 Å². The number of aromatic hydroxyl groups is 1. The second-order valence-corrected chi connectivity index (χ2v) is 4.13. The van der Waals surface area contributed by atoms with E-state index in [-0.39, 0.29) is 11.7 Å². The maximum Gasteiger partial charge on any atom is 0.181 e. The lowest BCUT2D eigenvalue weighted by atomic mass is 9.99. The highest BCUT2D eigenvalue weighted by Gasteiger charge is 2.15. The minimum absolute atomic E-state index is 0.229. The standard InChI is InChI=1S/C13H15NO3/c1-8(2)9-5-12(16-3)10(4-11(9)15)13-6-14-7-17-13/h4-8,15H,1-3H3. The Balaban J connectivity index is 2.58. The van der Waals surface area contributed by atoms with Crippen molar-refractivity contribution in [3.05, 3.63) is 30.3 Å². The Kier molecular flexibility index (Phi) is 3.04. The number of phenols is 1. The molecule has 0 fully saturated rings. The van der Waals surface area contributed by atoms with Gasteiger partial charge in [-0.3, -0.25) is 0 Å². The van der Waals surface area contributed by atoms with Crippen molar-refractivity contribution in [1.29, 1.82) is 0 Å². The molecule has 4 heteroatoms. The van der Waals surface area contributed by atoms with E-state index in [1.807, 2.05) is 19.9 Å². The molecule has 0 radical (unpaired) electrons. The third-order valence-electron chi connectivity index (χ3n) is 2.67. The van der Waals surface area contributed by atoms with E-state index in [4.69, 9.17) is 9.15 Å². The first kappa shape index (κ1) is 11.5. The molecule has 0 bridgehead atoms. The van der Waals surface area contributed by atoms with E-state index in [9.17, 15) is 5.11 Å². The summed E-state index contributed by atoms with van der Waals surface area (Å²) in [5.41, 5.74) is 1.55. The van der Waals surface area contributed by atoms with E-state index in [0.717, 1.165) is 5.56 Å². The Labute approximate surface area is 99.9 Å². The van der Waals surface area contributed by atoms with Crippen LogP contribution in [0.1, 0.15) is 25.3 Å². The average Bonchev–Trinajstić information content (AvgIpc) is 2.81. The van der Waals surface area contributed by atoms with Gasteiger partial charge in [0.15, 0.2) is 12.2 Å².